The maximum absolute atomic E-state index is 5.74. The molecule has 28 heavy (non-hydrogen) atoms. The van der Waals surface area contributed by atoms with Crippen LogP contribution < -0.4 is 10.6 Å². The topological polar surface area (TPSA) is 82.8 Å². The van der Waals surface area contributed by atoms with Crippen molar-refractivity contribution in [1.82, 2.24) is 35.2 Å². The fourth-order valence-corrected chi connectivity index (χ4v) is 4.06. The monoisotopic (exact) mass is 504 g/mol. The van der Waals surface area contributed by atoms with Crippen molar-refractivity contribution in [2.75, 3.05) is 52.4 Å². The number of halogens is 1. The van der Waals surface area contributed by atoms with E-state index in [2.05, 4.69) is 30.6 Å². The van der Waals surface area contributed by atoms with Crippen LogP contribution in [0.5, 0.6) is 0 Å². The largest absolute Gasteiger partial charge is 0.376 e. The molecule has 2 atom stereocenters. The van der Waals surface area contributed by atoms with Gasteiger partial charge in [0, 0.05) is 65.5 Å². The lowest BCUT2D eigenvalue weighted by Crippen LogP contribution is -2.64. The standard InChI is InChI=1S/C18H32N8O.HI/c1-14-22-23-17(24(14)2)12-21-18(20-11-16-4-3-9-27-16)19-10-15-13-25-5-7-26(15)8-6-25;/h15-16H,3-13H2,1-2H3,(H2,19,20,21);1H. The molecule has 0 amide bonds. The number of hydrogen-bond donors (Lipinski definition) is 2. The number of rotatable bonds is 6. The van der Waals surface area contributed by atoms with Crippen LogP contribution in [0.25, 0.3) is 0 Å². The van der Waals surface area contributed by atoms with E-state index >= 15 is 0 Å². The molecule has 10 heteroatoms. The van der Waals surface area contributed by atoms with E-state index in [4.69, 9.17) is 9.73 Å². The Kier molecular flexibility index (Phi) is 7.89. The number of nitrogens with zero attached hydrogens (tertiary/aromatic N) is 6. The van der Waals surface area contributed by atoms with E-state index in [-0.39, 0.29) is 30.1 Å². The molecule has 0 aliphatic carbocycles. The second kappa shape index (κ2) is 10.2. The summed E-state index contributed by atoms with van der Waals surface area (Å²) < 4.78 is 7.72. The third-order valence-electron chi connectivity index (χ3n) is 5.98. The lowest BCUT2D eigenvalue weighted by molar-refractivity contribution is 0.0154. The highest BCUT2D eigenvalue weighted by Gasteiger charge is 2.31. The Morgan fingerprint density at radius 2 is 1.96 bits per heavy atom. The molecule has 4 aliphatic heterocycles. The van der Waals surface area contributed by atoms with Crippen molar-refractivity contribution in [2.24, 2.45) is 12.0 Å². The molecule has 5 rings (SSSR count). The van der Waals surface area contributed by atoms with Crippen LogP contribution >= 0.6 is 24.0 Å². The normalized spacial score (nSPS) is 29.6. The smallest absolute Gasteiger partial charge is 0.191 e. The maximum Gasteiger partial charge on any atom is 0.191 e. The van der Waals surface area contributed by atoms with Crippen molar-refractivity contribution in [3.05, 3.63) is 11.6 Å². The Morgan fingerprint density at radius 1 is 1.18 bits per heavy atom. The molecule has 2 N–H and O–H groups in total. The number of aliphatic imine (C=N–C) groups is 1. The molecule has 1 aromatic rings. The number of fused-ring (bicyclic) bond motifs is 3. The lowest BCUT2D eigenvalue weighted by atomic mass is 10.1. The zero-order valence-electron chi connectivity index (χ0n) is 16.9. The van der Waals surface area contributed by atoms with Crippen LogP contribution in [-0.2, 0) is 18.3 Å². The van der Waals surface area contributed by atoms with Crippen molar-refractivity contribution in [3.8, 4) is 0 Å². The van der Waals surface area contributed by atoms with Crippen LogP contribution in [0.1, 0.15) is 24.5 Å². The third kappa shape index (κ3) is 5.33. The number of guanidine groups is 1. The molecule has 4 saturated heterocycles. The number of piperazine rings is 3. The van der Waals surface area contributed by atoms with E-state index in [1.165, 1.54) is 26.2 Å². The van der Waals surface area contributed by atoms with Crippen LogP contribution in [-0.4, -0.2) is 95.1 Å². The van der Waals surface area contributed by atoms with Crippen molar-refractivity contribution in [1.29, 1.82) is 0 Å². The molecular weight excluding hydrogens is 471 g/mol. The van der Waals surface area contributed by atoms with Gasteiger partial charge in [0.1, 0.15) is 12.4 Å². The second-order valence-corrected chi connectivity index (χ2v) is 7.77. The molecule has 2 unspecified atom stereocenters. The van der Waals surface area contributed by atoms with Gasteiger partial charge in [-0.05, 0) is 19.8 Å². The summed E-state index contributed by atoms with van der Waals surface area (Å²) in [6.07, 6.45) is 2.56. The highest BCUT2D eigenvalue weighted by molar-refractivity contribution is 14.0. The van der Waals surface area contributed by atoms with E-state index in [1.807, 2.05) is 18.5 Å². The first-order valence-electron chi connectivity index (χ1n) is 10.1. The molecule has 5 heterocycles. The van der Waals surface area contributed by atoms with Gasteiger partial charge in [0.15, 0.2) is 11.8 Å². The van der Waals surface area contributed by atoms with Gasteiger partial charge in [-0.3, -0.25) is 9.80 Å². The van der Waals surface area contributed by atoms with Gasteiger partial charge in [-0.1, -0.05) is 0 Å². The maximum atomic E-state index is 5.74. The molecule has 0 radical (unpaired) electrons. The molecular formula is C18H33IN8O. The van der Waals surface area contributed by atoms with Gasteiger partial charge in [0.25, 0.3) is 0 Å². The summed E-state index contributed by atoms with van der Waals surface area (Å²) in [6, 6.07) is 0.555. The molecule has 4 fully saturated rings. The SMILES string of the molecule is Cc1nnc(CN=C(NCC2CCCO2)NCC2CN3CCN2CC3)n1C.I. The summed E-state index contributed by atoms with van der Waals surface area (Å²) in [4.78, 5) is 9.91. The summed E-state index contributed by atoms with van der Waals surface area (Å²) >= 11 is 0. The van der Waals surface area contributed by atoms with Crippen molar-refractivity contribution >= 4 is 29.9 Å². The minimum atomic E-state index is 0. The molecule has 4 aliphatic rings. The number of nitrogens with one attached hydrogen (secondary N) is 2. The Balaban J connectivity index is 0.00000225. The number of ether oxygens (including phenoxy) is 1. The molecule has 2 bridgehead atoms. The molecule has 0 aromatic carbocycles. The minimum Gasteiger partial charge on any atom is -0.376 e. The Hall–Kier alpha value is -0.980. The number of aryl methyl sites for hydroxylation is 1. The van der Waals surface area contributed by atoms with Crippen molar-refractivity contribution in [2.45, 2.75) is 38.5 Å². The summed E-state index contributed by atoms with van der Waals surface area (Å²) in [6.45, 7) is 11.0. The summed E-state index contributed by atoms with van der Waals surface area (Å²) in [7, 11) is 1.98. The van der Waals surface area contributed by atoms with Gasteiger partial charge in [-0.2, -0.15) is 0 Å². The van der Waals surface area contributed by atoms with Gasteiger partial charge in [0.05, 0.1) is 6.10 Å². The quantitative estimate of drug-likeness (QED) is 0.320. The van der Waals surface area contributed by atoms with Gasteiger partial charge in [0.2, 0.25) is 0 Å². The zero-order chi connectivity index (χ0) is 18.6. The first kappa shape index (κ1) is 21.7. The van der Waals surface area contributed by atoms with E-state index < -0.39 is 0 Å². The van der Waals surface area contributed by atoms with E-state index in [9.17, 15) is 0 Å². The first-order chi connectivity index (χ1) is 13.2. The first-order valence-corrected chi connectivity index (χ1v) is 10.1. The lowest BCUT2D eigenvalue weighted by Gasteiger charge is -2.47. The summed E-state index contributed by atoms with van der Waals surface area (Å²) in [5.74, 6) is 2.61. The fraction of sp³-hybridized carbons (Fsp3) is 0.833. The van der Waals surface area contributed by atoms with E-state index in [0.29, 0.717) is 12.6 Å². The van der Waals surface area contributed by atoms with Crippen molar-refractivity contribution in [3.63, 3.8) is 0 Å². The van der Waals surface area contributed by atoms with Crippen LogP contribution in [0.3, 0.4) is 0 Å². The van der Waals surface area contributed by atoms with Crippen LogP contribution in [0, 0.1) is 6.92 Å². The van der Waals surface area contributed by atoms with E-state index in [0.717, 1.165) is 56.7 Å². The predicted molar refractivity (Wildman–Crippen MR) is 119 cm³/mol. The van der Waals surface area contributed by atoms with Gasteiger partial charge >= 0.3 is 0 Å². The van der Waals surface area contributed by atoms with Crippen LogP contribution in [0.15, 0.2) is 4.99 Å². The Labute approximate surface area is 184 Å². The second-order valence-electron chi connectivity index (χ2n) is 7.77. The molecule has 1 aromatic heterocycles. The average molecular weight is 504 g/mol. The minimum absolute atomic E-state index is 0. The van der Waals surface area contributed by atoms with Gasteiger partial charge in [-0.25, -0.2) is 4.99 Å². The molecule has 0 spiro atoms. The number of hydrogen-bond acceptors (Lipinski definition) is 6. The highest BCUT2D eigenvalue weighted by atomic mass is 127. The van der Waals surface area contributed by atoms with Gasteiger partial charge < -0.3 is 19.9 Å². The predicted octanol–water partition coefficient (Wildman–Crippen LogP) is -0.0445. The Bertz CT molecular complexity index is 652. The number of aromatic nitrogens is 3. The third-order valence-corrected chi connectivity index (χ3v) is 5.98. The van der Waals surface area contributed by atoms with Gasteiger partial charge in [-0.15, -0.1) is 34.2 Å². The molecule has 0 saturated carbocycles. The molecule has 158 valence electrons. The van der Waals surface area contributed by atoms with E-state index in [1.54, 1.807) is 0 Å². The zero-order valence-corrected chi connectivity index (χ0v) is 19.3. The fourth-order valence-electron chi connectivity index (χ4n) is 4.06. The summed E-state index contributed by atoms with van der Waals surface area (Å²) in [5, 5.41) is 15.4. The average Bonchev–Trinajstić information content (AvgIpc) is 3.33. The highest BCUT2D eigenvalue weighted by Crippen LogP contribution is 2.15. The Morgan fingerprint density at radius 3 is 2.57 bits per heavy atom. The van der Waals surface area contributed by atoms with Crippen LogP contribution in [0.4, 0.5) is 0 Å². The van der Waals surface area contributed by atoms with Crippen molar-refractivity contribution < 1.29 is 4.74 Å². The van der Waals surface area contributed by atoms with Crippen LogP contribution in [0.2, 0.25) is 0 Å². The summed E-state index contributed by atoms with van der Waals surface area (Å²) in [5.41, 5.74) is 0. The molecule has 9 nitrogen and oxygen atoms in total.